The standard InChI is InChI=1S/C63H58BN3/c1-39-21-14-18-29-51(39)65(52-30-19-15-22-40(52)2)44-32-33-49-54(38-44)66(53-34-31-42(61(3,4)5)35-47(53)41-23-12-11-13-24-41)55-36-43(62(6,7)8)37-56-58(55)64(49)50-28-20-26-46-57-60(67(56)59(46)50)45-25-16-17-27-48(45)63(57,9)10/h11-38H,1-10H3. The fourth-order valence-corrected chi connectivity index (χ4v) is 11.9. The van der Waals surface area contributed by atoms with E-state index >= 15 is 0 Å². The van der Waals surface area contributed by atoms with Gasteiger partial charge in [0, 0.05) is 61.6 Å². The normalized spacial score (nSPS) is 14.2. The van der Waals surface area contributed by atoms with E-state index in [0.717, 1.165) is 5.69 Å². The Bertz CT molecular complexity index is 3460. The molecule has 0 amide bonds. The van der Waals surface area contributed by atoms with Gasteiger partial charge in [0.15, 0.2) is 0 Å². The molecule has 0 unspecified atom stereocenters. The summed E-state index contributed by atoms with van der Waals surface area (Å²) in [6, 6.07) is 64.7. The third-order valence-electron chi connectivity index (χ3n) is 15.3. The molecule has 0 atom stereocenters. The van der Waals surface area contributed by atoms with Crippen molar-refractivity contribution in [3.05, 3.63) is 203 Å². The van der Waals surface area contributed by atoms with Gasteiger partial charge < -0.3 is 14.4 Å². The van der Waals surface area contributed by atoms with Crippen molar-refractivity contribution >= 4 is 68.1 Å². The fourth-order valence-electron chi connectivity index (χ4n) is 11.9. The molecule has 4 heteroatoms. The number of rotatable bonds is 5. The quantitative estimate of drug-likeness (QED) is 0.160. The predicted molar refractivity (Wildman–Crippen MR) is 287 cm³/mol. The highest BCUT2D eigenvalue weighted by molar-refractivity contribution is 7.00. The molecule has 0 N–H and O–H groups in total. The van der Waals surface area contributed by atoms with Crippen LogP contribution in [0.25, 0.3) is 39.0 Å². The molecule has 0 radical (unpaired) electrons. The molecule has 3 heterocycles. The Morgan fingerprint density at radius 3 is 1.84 bits per heavy atom. The number of hydrogen-bond acceptors (Lipinski definition) is 2. The number of aromatic nitrogens is 1. The van der Waals surface area contributed by atoms with Gasteiger partial charge in [-0.15, -0.1) is 0 Å². The summed E-state index contributed by atoms with van der Waals surface area (Å²) in [5, 5.41) is 1.36. The molecule has 328 valence electrons. The first kappa shape index (κ1) is 41.4. The van der Waals surface area contributed by atoms with Crippen molar-refractivity contribution in [3.63, 3.8) is 0 Å². The van der Waals surface area contributed by atoms with Gasteiger partial charge in [0.05, 0.1) is 11.4 Å². The van der Waals surface area contributed by atoms with Crippen molar-refractivity contribution in [3.8, 4) is 28.1 Å². The Morgan fingerprint density at radius 2 is 1.15 bits per heavy atom. The van der Waals surface area contributed by atoms with Gasteiger partial charge in [-0.05, 0) is 129 Å². The van der Waals surface area contributed by atoms with Gasteiger partial charge in [-0.25, -0.2) is 0 Å². The lowest BCUT2D eigenvalue weighted by atomic mass is 9.33. The van der Waals surface area contributed by atoms with Crippen LogP contribution in [0.3, 0.4) is 0 Å². The zero-order valence-corrected chi connectivity index (χ0v) is 40.6. The number of para-hydroxylation sites is 3. The van der Waals surface area contributed by atoms with E-state index < -0.39 is 0 Å². The van der Waals surface area contributed by atoms with Gasteiger partial charge in [0.25, 0.3) is 6.71 Å². The summed E-state index contributed by atoms with van der Waals surface area (Å²) in [7, 11) is 0. The van der Waals surface area contributed by atoms with Crippen LogP contribution in [-0.4, -0.2) is 11.3 Å². The molecule has 1 aliphatic carbocycles. The number of fused-ring (bicyclic) bond motifs is 9. The summed E-state index contributed by atoms with van der Waals surface area (Å²) >= 11 is 0. The van der Waals surface area contributed by atoms with E-state index in [0.29, 0.717) is 0 Å². The monoisotopic (exact) mass is 867 g/mol. The molecule has 3 aliphatic rings. The lowest BCUT2D eigenvalue weighted by Crippen LogP contribution is -2.60. The highest BCUT2D eigenvalue weighted by Crippen LogP contribution is 2.55. The summed E-state index contributed by atoms with van der Waals surface area (Å²) in [6.45, 7) is 23.4. The van der Waals surface area contributed by atoms with Crippen molar-refractivity contribution < 1.29 is 0 Å². The zero-order valence-electron chi connectivity index (χ0n) is 40.6. The maximum absolute atomic E-state index is 2.69. The van der Waals surface area contributed by atoms with E-state index in [1.54, 1.807) is 0 Å². The summed E-state index contributed by atoms with van der Waals surface area (Å²) in [5.74, 6) is 0. The molecule has 67 heavy (non-hydrogen) atoms. The third kappa shape index (κ3) is 6.04. The number of benzene rings is 8. The SMILES string of the molecule is Cc1ccccc1N(c1ccc2c(c1)N(c1ccc(C(C)(C)C)cc1-c1ccccc1)c1cc(C(C)(C)C)cc3c1B2c1cccc2c4c(n-3c12)-c1ccccc1C4(C)C)c1ccccc1C. The van der Waals surface area contributed by atoms with Gasteiger partial charge in [-0.2, -0.15) is 0 Å². The second-order valence-corrected chi connectivity index (χ2v) is 21.9. The molecule has 12 rings (SSSR count). The average Bonchev–Trinajstić information content (AvgIpc) is 3.79. The number of nitrogens with zero attached hydrogens (tertiary/aromatic N) is 3. The van der Waals surface area contributed by atoms with Crippen LogP contribution in [0, 0.1) is 13.8 Å². The van der Waals surface area contributed by atoms with E-state index in [9.17, 15) is 0 Å². The molecule has 1 aromatic heterocycles. The third-order valence-corrected chi connectivity index (χ3v) is 15.3. The Hall–Kier alpha value is -7.04. The van der Waals surface area contributed by atoms with Crippen LogP contribution in [0.5, 0.6) is 0 Å². The van der Waals surface area contributed by atoms with Crippen molar-refractivity contribution in [1.82, 2.24) is 4.57 Å². The number of hydrogen-bond donors (Lipinski definition) is 0. The summed E-state index contributed by atoms with van der Waals surface area (Å²) < 4.78 is 2.69. The largest absolute Gasteiger partial charge is 0.311 e. The van der Waals surface area contributed by atoms with Crippen LogP contribution in [0.1, 0.15) is 88.8 Å². The minimum Gasteiger partial charge on any atom is -0.311 e. The summed E-state index contributed by atoms with van der Waals surface area (Å²) in [4.78, 5) is 5.13. The lowest BCUT2D eigenvalue weighted by Gasteiger charge is -2.43. The minimum absolute atomic E-state index is 0.00305. The van der Waals surface area contributed by atoms with Crippen LogP contribution in [0.4, 0.5) is 34.1 Å². The van der Waals surface area contributed by atoms with Gasteiger partial charge in [0.2, 0.25) is 0 Å². The smallest absolute Gasteiger partial charge is 0.252 e. The average molecular weight is 868 g/mol. The van der Waals surface area contributed by atoms with Gasteiger partial charge in [-0.1, -0.05) is 177 Å². The molecule has 8 aromatic carbocycles. The highest BCUT2D eigenvalue weighted by Gasteiger charge is 2.47. The Balaban J connectivity index is 1.24. The topological polar surface area (TPSA) is 11.4 Å². The Kier molecular flexibility index (Phi) is 8.95. The first-order valence-corrected chi connectivity index (χ1v) is 24.1. The van der Waals surface area contributed by atoms with E-state index in [1.165, 1.54) is 117 Å². The Morgan fingerprint density at radius 1 is 0.507 bits per heavy atom. The fraction of sp³-hybridized carbons (Fsp3) is 0.206. The first-order chi connectivity index (χ1) is 32.1. The maximum atomic E-state index is 2.69. The molecule has 2 aliphatic heterocycles. The molecular weight excluding hydrogens is 810 g/mol. The molecule has 0 saturated heterocycles. The molecule has 3 nitrogen and oxygen atoms in total. The van der Waals surface area contributed by atoms with Gasteiger partial charge >= 0.3 is 0 Å². The van der Waals surface area contributed by atoms with E-state index in [4.69, 9.17) is 0 Å². The van der Waals surface area contributed by atoms with Gasteiger partial charge in [-0.3, -0.25) is 0 Å². The Labute approximate surface area is 397 Å². The van der Waals surface area contributed by atoms with Crippen molar-refractivity contribution in [2.45, 2.75) is 85.5 Å². The second kappa shape index (κ2) is 14.5. The molecule has 0 bridgehead atoms. The van der Waals surface area contributed by atoms with E-state index in [1.807, 2.05) is 0 Å². The maximum Gasteiger partial charge on any atom is 0.252 e. The van der Waals surface area contributed by atoms with Crippen molar-refractivity contribution in [2.75, 3.05) is 9.80 Å². The van der Waals surface area contributed by atoms with Crippen LogP contribution in [0.15, 0.2) is 170 Å². The predicted octanol–water partition coefficient (Wildman–Crippen LogP) is 14.9. The van der Waals surface area contributed by atoms with Gasteiger partial charge in [0.1, 0.15) is 0 Å². The van der Waals surface area contributed by atoms with E-state index in [-0.39, 0.29) is 23.0 Å². The zero-order chi connectivity index (χ0) is 46.3. The lowest BCUT2D eigenvalue weighted by molar-refractivity contribution is 0.589. The number of anilines is 6. The van der Waals surface area contributed by atoms with Crippen molar-refractivity contribution in [2.24, 2.45) is 0 Å². The molecule has 0 saturated carbocycles. The molecular formula is C63H58BN3. The van der Waals surface area contributed by atoms with Crippen LogP contribution in [0.2, 0.25) is 0 Å². The van der Waals surface area contributed by atoms with Crippen molar-refractivity contribution in [1.29, 1.82) is 0 Å². The first-order valence-electron chi connectivity index (χ1n) is 24.1. The number of aryl methyl sites for hydroxylation is 2. The molecule has 9 aromatic rings. The second-order valence-electron chi connectivity index (χ2n) is 21.9. The van der Waals surface area contributed by atoms with Crippen LogP contribution < -0.4 is 26.2 Å². The molecule has 0 fully saturated rings. The summed E-state index contributed by atoms with van der Waals surface area (Å²) in [5.41, 5.74) is 26.5. The van der Waals surface area contributed by atoms with E-state index in [2.05, 4.69) is 253 Å². The highest BCUT2D eigenvalue weighted by atomic mass is 15.2. The van der Waals surface area contributed by atoms with Crippen LogP contribution in [-0.2, 0) is 16.2 Å². The minimum atomic E-state index is -0.161. The van der Waals surface area contributed by atoms with Crippen LogP contribution >= 0.6 is 0 Å². The summed E-state index contributed by atoms with van der Waals surface area (Å²) in [6.07, 6.45) is 0. The molecule has 0 spiro atoms.